The maximum Gasteiger partial charge on any atom is 0.255 e. The Kier molecular flexibility index (Phi) is 6.21. The number of aryl methyl sites for hydroxylation is 2. The molecule has 1 atom stereocenters. The van der Waals surface area contributed by atoms with Crippen molar-refractivity contribution in [1.29, 1.82) is 0 Å². The first-order valence-electron chi connectivity index (χ1n) is 11.4. The van der Waals surface area contributed by atoms with E-state index in [0.29, 0.717) is 35.1 Å². The summed E-state index contributed by atoms with van der Waals surface area (Å²) >= 11 is 0. The molecule has 3 heterocycles. The van der Waals surface area contributed by atoms with Crippen LogP contribution < -0.4 is 5.32 Å². The molecule has 6 nitrogen and oxygen atoms in total. The average molecular weight is 467 g/mol. The highest BCUT2D eigenvalue weighted by Crippen LogP contribution is 2.43. The predicted molar refractivity (Wildman–Crippen MR) is 135 cm³/mol. The predicted octanol–water partition coefficient (Wildman–Crippen LogP) is 6.62. The van der Waals surface area contributed by atoms with E-state index in [4.69, 9.17) is 13.6 Å². The molecule has 3 aromatic heterocycles. The molecule has 5 rings (SSSR count). The first-order valence-corrected chi connectivity index (χ1v) is 11.4. The second-order valence-corrected chi connectivity index (χ2v) is 8.49. The molecule has 0 aliphatic carbocycles. The third-order valence-corrected chi connectivity index (χ3v) is 5.91. The van der Waals surface area contributed by atoms with Gasteiger partial charge in [-0.2, -0.15) is 0 Å². The fourth-order valence-corrected chi connectivity index (χ4v) is 4.40. The summed E-state index contributed by atoms with van der Waals surface area (Å²) in [6.45, 7) is 4.17. The lowest BCUT2D eigenvalue weighted by Crippen LogP contribution is -2.14. The van der Waals surface area contributed by atoms with Crippen LogP contribution in [0.5, 0.6) is 0 Å². The minimum Gasteiger partial charge on any atom is -0.465 e. The van der Waals surface area contributed by atoms with E-state index in [1.54, 1.807) is 19.2 Å². The van der Waals surface area contributed by atoms with E-state index in [1.807, 2.05) is 80.6 Å². The van der Waals surface area contributed by atoms with Crippen LogP contribution in [0.3, 0.4) is 0 Å². The largest absolute Gasteiger partial charge is 0.465 e. The zero-order valence-corrected chi connectivity index (χ0v) is 19.9. The van der Waals surface area contributed by atoms with E-state index in [1.165, 1.54) is 0 Å². The number of amides is 1. The highest BCUT2D eigenvalue weighted by Gasteiger charge is 2.31. The van der Waals surface area contributed by atoms with Crippen molar-refractivity contribution in [3.63, 3.8) is 0 Å². The summed E-state index contributed by atoms with van der Waals surface area (Å²) < 4.78 is 18.0. The van der Waals surface area contributed by atoms with Crippen molar-refractivity contribution in [3.05, 3.63) is 119 Å². The summed E-state index contributed by atoms with van der Waals surface area (Å²) in [6.07, 6.45) is 0. The number of carbonyl (C=O) groups is 1. The topological polar surface area (TPSA) is 77.5 Å². The molecule has 5 aromatic rings. The van der Waals surface area contributed by atoms with Gasteiger partial charge in [-0.1, -0.05) is 48.5 Å². The monoisotopic (exact) mass is 466 g/mol. The number of nitrogens with one attached hydrogen (secondary N) is 1. The third kappa shape index (κ3) is 4.48. The van der Waals surface area contributed by atoms with Gasteiger partial charge < -0.3 is 18.9 Å². The number of benzene rings is 2. The van der Waals surface area contributed by atoms with Crippen LogP contribution in [0.25, 0.3) is 11.1 Å². The Bertz CT molecular complexity index is 1470. The summed E-state index contributed by atoms with van der Waals surface area (Å²) in [5.41, 5.74) is 4.22. The van der Waals surface area contributed by atoms with Crippen LogP contribution in [0.2, 0.25) is 0 Å². The molecular formula is C29H26N2O4. The van der Waals surface area contributed by atoms with Crippen LogP contribution in [0.15, 0.2) is 87.7 Å². The van der Waals surface area contributed by atoms with Crippen molar-refractivity contribution in [2.75, 3.05) is 12.4 Å². The molecule has 0 fully saturated rings. The lowest BCUT2D eigenvalue weighted by atomic mass is 9.92. The van der Waals surface area contributed by atoms with Crippen molar-refractivity contribution in [1.82, 2.24) is 4.98 Å². The maximum atomic E-state index is 13.3. The lowest BCUT2D eigenvalue weighted by Gasteiger charge is -2.16. The number of rotatable bonds is 7. The number of fused-ring (bicyclic) bond motifs is 1. The fraction of sp³-hybridized carbons (Fsp3) is 0.172. The molecule has 0 aliphatic rings. The number of hydrogen-bond acceptors (Lipinski definition) is 5. The average Bonchev–Trinajstić information content (AvgIpc) is 3.44. The summed E-state index contributed by atoms with van der Waals surface area (Å²) in [5, 5.41) is 3.85. The number of ether oxygens (including phenoxy) is 1. The summed E-state index contributed by atoms with van der Waals surface area (Å²) in [7, 11) is 1.64. The van der Waals surface area contributed by atoms with Crippen LogP contribution >= 0.6 is 0 Å². The van der Waals surface area contributed by atoms with Crippen molar-refractivity contribution < 1.29 is 18.4 Å². The second-order valence-electron chi connectivity index (χ2n) is 8.49. The first kappa shape index (κ1) is 22.6. The fourth-order valence-electron chi connectivity index (χ4n) is 4.40. The number of carbonyl (C=O) groups excluding carboxylic acids is 1. The van der Waals surface area contributed by atoms with Gasteiger partial charge in [0.2, 0.25) is 5.71 Å². The van der Waals surface area contributed by atoms with Crippen LogP contribution in [-0.4, -0.2) is 18.0 Å². The standard InChI is InChI=1S/C29H26N2O4/c1-18-16-22(17-33-3)25-26(31-28(32)21-12-8-5-9-13-21)27(35-29(25)30-18)24(20-10-6-4-7-11-20)23-15-14-19(2)34-23/h4-16,24H,17H2,1-3H3,(H,31,32). The van der Waals surface area contributed by atoms with Gasteiger partial charge in [0.15, 0.2) is 0 Å². The maximum absolute atomic E-state index is 13.3. The van der Waals surface area contributed by atoms with E-state index in [2.05, 4.69) is 10.3 Å². The lowest BCUT2D eigenvalue weighted by molar-refractivity contribution is 0.102. The zero-order chi connectivity index (χ0) is 24.4. The number of nitrogens with zero attached hydrogens (tertiary/aromatic N) is 1. The molecule has 2 aromatic carbocycles. The molecule has 0 saturated carbocycles. The molecule has 0 bridgehead atoms. The zero-order valence-electron chi connectivity index (χ0n) is 19.9. The molecule has 0 spiro atoms. The smallest absolute Gasteiger partial charge is 0.255 e. The Morgan fingerprint density at radius 3 is 2.34 bits per heavy atom. The molecular weight excluding hydrogens is 440 g/mol. The molecule has 6 heteroatoms. The SMILES string of the molecule is COCc1cc(C)nc2oc(C(c3ccccc3)c3ccc(C)o3)c(NC(=O)c3ccccc3)c12. The van der Waals surface area contributed by atoms with Gasteiger partial charge >= 0.3 is 0 Å². The van der Waals surface area contributed by atoms with E-state index in [9.17, 15) is 4.79 Å². The van der Waals surface area contributed by atoms with Crippen LogP contribution in [-0.2, 0) is 11.3 Å². The number of methoxy groups -OCH3 is 1. The molecule has 1 N–H and O–H groups in total. The van der Waals surface area contributed by atoms with Gasteiger partial charge in [0.25, 0.3) is 5.91 Å². The molecule has 0 aliphatic heterocycles. The van der Waals surface area contributed by atoms with Crippen molar-refractivity contribution >= 4 is 22.7 Å². The van der Waals surface area contributed by atoms with Gasteiger partial charge in [-0.3, -0.25) is 4.79 Å². The number of anilines is 1. The number of hydrogen-bond donors (Lipinski definition) is 1. The summed E-state index contributed by atoms with van der Waals surface area (Å²) in [5.74, 6) is 1.44. The van der Waals surface area contributed by atoms with Crippen LogP contribution in [0.1, 0.15) is 50.4 Å². The number of furan rings is 2. The Morgan fingerprint density at radius 1 is 0.971 bits per heavy atom. The molecule has 35 heavy (non-hydrogen) atoms. The quantitative estimate of drug-likeness (QED) is 0.292. The first-order chi connectivity index (χ1) is 17.0. The molecule has 1 amide bonds. The minimum atomic E-state index is -0.388. The van der Waals surface area contributed by atoms with Crippen molar-refractivity contribution in [3.8, 4) is 0 Å². The highest BCUT2D eigenvalue weighted by molar-refractivity contribution is 6.09. The van der Waals surface area contributed by atoms with Crippen molar-refractivity contribution in [2.24, 2.45) is 0 Å². The Labute approximate surface area is 203 Å². The Morgan fingerprint density at radius 2 is 1.69 bits per heavy atom. The van der Waals surface area contributed by atoms with Crippen LogP contribution in [0, 0.1) is 13.8 Å². The third-order valence-electron chi connectivity index (χ3n) is 5.91. The van der Waals surface area contributed by atoms with E-state index >= 15 is 0 Å². The molecule has 176 valence electrons. The van der Waals surface area contributed by atoms with Crippen LogP contribution in [0.4, 0.5) is 5.69 Å². The number of pyridine rings is 1. The van der Waals surface area contributed by atoms with E-state index in [0.717, 1.165) is 28.0 Å². The van der Waals surface area contributed by atoms with Gasteiger partial charge in [-0.05, 0) is 55.3 Å². The van der Waals surface area contributed by atoms with Gasteiger partial charge in [-0.25, -0.2) is 4.98 Å². The summed E-state index contributed by atoms with van der Waals surface area (Å²) in [4.78, 5) is 18.0. The minimum absolute atomic E-state index is 0.235. The van der Waals surface area contributed by atoms with Gasteiger partial charge in [-0.15, -0.1) is 0 Å². The van der Waals surface area contributed by atoms with Crippen molar-refractivity contribution in [2.45, 2.75) is 26.4 Å². The van der Waals surface area contributed by atoms with Gasteiger partial charge in [0.1, 0.15) is 23.2 Å². The van der Waals surface area contributed by atoms with Gasteiger partial charge in [0.05, 0.1) is 17.7 Å². The van der Waals surface area contributed by atoms with E-state index < -0.39 is 0 Å². The Hall–Kier alpha value is -4.16. The van der Waals surface area contributed by atoms with E-state index in [-0.39, 0.29) is 11.8 Å². The molecule has 0 radical (unpaired) electrons. The molecule has 1 unspecified atom stereocenters. The normalized spacial score (nSPS) is 12.1. The summed E-state index contributed by atoms with van der Waals surface area (Å²) in [6, 6.07) is 24.9. The second kappa shape index (κ2) is 9.60. The Balaban J connectivity index is 1.76. The molecule has 0 saturated heterocycles. The van der Waals surface area contributed by atoms with Gasteiger partial charge in [0, 0.05) is 18.4 Å². The highest BCUT2D eigenvalue weighted by atomic mass is 16.5. The number of aromatic nitrogens is 1.